The summed E-state index contributed by atoms with van der Waals surface area (Å²) in [6, 6.07) is 9.39. The van der Waals surface area contributed by atoms with E-state index in [0.29, 0.717) is 11.4 Å². The second kappa shape index (κ2) is 7.16. The minimum Gasteiger partial charge on any atom is -0.345 e. The van der Waals surface area contributed by atoms with Crippen LogP contribution in [0, 0.1) is 0 Å². The number of nitrogens with one attached hydrogen (secondary N) is 1. The topological polar surface area (TPSA) is 103 Å². The molecule has 0 spiro atoms. The first kappa shape index (κ1) is 16.6. The fourth-order valence-electron chi connectivity index (χ4n) is 2.59. The average Bonchev–Trinajstić information content (AvgIpc) is 3.36. The molecule has 3 heterocycles. The molecule has 0 saturated carbocycles. The van der Waals surface area contributed by atoms with E-state index < -0.39 is 0 Å². The smallest absolute Gasteiger partial charge is 0.273 e. The van der Waals surface area contributed by atoms with E-state index in [1.165, 1.54) is 11.0 Å². The first-order chi connectivity index (χ1) is 13.2. The number of benzene rings is 1. The lowest BCUT2D eigenvalue weighted by atomic mass is 10.2. The quantitative estimate of drug-likeness (QED) is 0.577. The highest BCUT2D eigenvalue weighted by Gasteiger charge is 2.14. The Hall–Kier alpha value is -3.88. The normalized spacial score (nSPS) is 10.7. The summed E-state index contributed by atoms with van der Waals surface area (Å²) in [5.74, 6) is -0.333. The van der Waals surface area contributed by atoms with Crippen molar-refractivity contribution in [3.63, 3.8) is 0 Å². The largest absolute Gasteiger partial charge is 0.345 e. The standard InChI is InChI=1S/C18H16N8O/c1-25-12-13(9-22-25)17-15(19-7-8-20-17)10-21-18(27)16-11-23-26(24-16)14-5-3-2-4-6-14/h2-9,11-12H,10H2,1H3,(H,21,27). The number of aromatic nitrogens is 7. The maximum atomic E-state index is 12.4. The Kier molecular flexibility index (Phi) is 4.40. The molecule has 4 aromatic rings. The van der Waals surface area contributed by atoms with Crippen molar-refractivity contribution in [3.8, 4) is 16.9 Å². The molecule has 27 heavy (non-hydrogen) atoms. The van der Waals surface area contributed by atoms with E-state index in [-0.39, 0.29) is 18.1 Å². The van der Waals surface area contributed by atoms with Gasteiger partial charge in [0.05, 0.1) is 36.0 Å². The maximum absolute atomic E-state index is 12.4. The van der Waals surface area contributed by atoms with Crippen LogP contribution in [0.2, 0.25) is 0 Å². The van der Waals surface area contributed by atoms with E-state index in [0.717, 1.165) is 11.3 Å². The van der Waals surface area contributed by atoms with Gasteiger partial charge in [-0.3, -0.25) is 19.4 Å². The fourth-order valence-corrected chi connectivity index (χ4v) is 2.59. The molecule has 0 unspecified atom stereocenters. The highest BCUT2D eigenvalue weighted by atomic mass is 16.2. The highest BCUT2D eigenvalue weighted by Crippen LogP contribution is 2.18. The third kappa shape index (κ3) is 3.56. The van der Waals surface area contributed by atoms with Gasteiger partial charge in [0.2, 0.25) is 0 Å². The van der Waals surface area contributed by atoms with E-state index in [1.807, 2.05) is 43.6 Å². The number of hydrogen-bond donors (Lipinski definition) is 1. The third-order valence-corrected chi connectivity index (χ3v) is 3.88. The van der Waals surface area contributed by atoms with Gasteiger partial charge in [0.15, 0.2) is 5.69 Å². The highest BCUT2D eigenvalue weighted by molar-refractivity contribution is 5.91. The van der Waals surface area contributed by atoms with Gasteiger partial charge in [-0.25, -0.2) is 0 Å². The monoisotopic (exact) mass is 360 g/mol. The number of aryl methyl sites for hydroxylation is 1. The van der Waals surface area contributed by atoms with Crippen LogP contribution >= 0.6 is 0 Å². The van der Waals surface area contributed by atoms with E-state index in [2.05, 4.69) is 30.6 Å². The third-order valence-electron chi connectivity index (χ3n) is 3.88. The fraction of sp³-hybridized carbons (Fsp3) is 0.111. The lowest BCUT2D eigenvalue weighted by Crippen LogP contribution is -2.24. The Balaban J connectivity index is 1.48. The zero-order valence-electron chi connectivity index (χ0n) is 14.5. The van der Waals surface area contributed by atoms with E-state index in [4.69, 9.17) is 0 Å². The summed E-state index contributed by atoms with van der Waals surface area (Å²) in [4.78, 5) is 22.5. The predicted molar refractivity (Wildman–Crippen MR) is 96.8 cm³/mol. The number of para-hydroxylation sites is 1. The van der Waals surface area contributed by atoms with Gasteiger partial charge in [0, 0.05) is 31.2 Å². The minimum atomic E-state index is -0.333. The van der Waals surface area contributed by atoms with Crippen molar-refractivity contribution in [2.24, 2.45) is 7.05 Å². The molecule has 9 heteroatoms. The van der Waals surface area contributed by atoms with Gasteiger partial charge >= 0.3 is 0 Å². The van der Waals surface area contributed by atoms with Crippen molar-refractivity contribution in [2.45, 2.75) is 6.54 Å². The second-order valence-corrected chi connectivity index (χ2v) is 5.79. The summed E-state index contributed by atoms with van der Waals surface area (Å²) in [5, 5.41) is 15.3. The maximum Gasteiger partial charge on any atom is 0.273 e. The molecule has 0 atom stereocenters. The molecular weight excluding hydrogens is 344 g/mol. The molecule has 0 fully saturated rings. The van der Waals surface area contributed by atoms with Crippen LogP contribution in [0.3, 0.4) is 0 Å². The van der Waals surface area contributed by atoms with E-state index in [9.17, 15) is 4.79 Å². The molecule has 0 bridgehead atoms. The van der Waals surface area contributed by atoms with Crippen LogP contribution in [0.25, 0.3) is 16.9 Å². The molecule has 9 nitrogen and oxygen atoms in total. The number of amides is 1. The van der Waals surface area contributed by atoms with Crippen molar-refractivity contribution in [1.82, 2.24) is 40.1 Å². The van der Waals surface area contributed by atoms with Crippen molar-refractivity contribution in [2.75, 3.05) is 0 Å². The summed E-state index contributed by atoms with van der Waals surface area (Å²) in [6.07, 6.45) is 8.19. The van der Waals surface area contributed by atoms with Crippen LogP contribution in [0.5, 0.6) is 0 Å². The van der Waals surface area contributed by atoms with Gasteiger partial charge in [-0.2, -0.15) is 15.0 Å². The number of rotatable bonds is 5. The Labute approximate surface area is 154 Å². The van der Waals surface area contributed by atoms with Crippen LogP contribution in [-0.4, -0.2) is 40.6 Å². The minimum absolute atomic E-state index is 0.217. The lowest BCUT2D eigenvalue weighted by Gasteiger charge is -2.06. The molecule has 0 radical (unpaired) electrons. The van der Waals surface area contributed by atoms with Crippen molar-refractivity contribution < 1.29 is 4.79 Å². The molecule has 0 aliphatic rings. The number of carbonyl (C=O) groups excluding carboxylic acids is 1. The molecule has 1 aromatic carbocycles. The molecule has 3 aromatic heterocycles. The van der Waals surface area contributed by atoms with Crippen LogP contribution in [0.1, 0.15) is 16.2 Å². The van der Waals surface area contributed by atoms with Crippen LogP contribution < -0.4 is 5.32 Å². The predicted octanol–water partition coefficient (Wildman–Crippen LogP) is 1.39. The molecule has 4 rings (SSSR count). The van der Waals surface area contributed by atoms with Gasteiger partial charge in [0.25, 0.3) is 5.91 Å². The van der Waals surface area contributed by atoms with Crippen molar-refractivity contribution in [1.29, 1.82) is 0 Å². The van der Waals surface area contributed by atoms with Gasteiger partial charge in [-0.05, 0) is 12.1 Å². The molecule has 0 saturated heterocycles. The van der Waals surface area contributed by atoms with Gasteiger partial charge in [-0.1, -0.05) is 18.2 Å². The Bertz CT molecular complexity index is 1070. The van der Waals surface area contributed by atoms with Crippen molar-refractivity contribution in [3.05, 3.63) is 72.7 Å². The summed E-state index contributed by atoms with van der Waals surface area (Å²) in [5.41, 5.74) is 3.17. The van der Waals surface area contributed by atoms with E-state index >= 15 is 0 Å². The summed E-state index contributed by atoms with van der Waals surface area (Å²) >= 11 is 0. The van der Waals surface area contributed by atoms with Gasteiger partial charge in [-0.15, -0.1) is 5.10 Å². The second-order valence-electron chi connectivity index (χ2n) is 5.79. The van der Waals surface area contributed by atoms with Crippen LogP contribution in [0.4, 0.5) is 0 Å². The zero-order chi connectivity index (χ0) is 18.6. The molecule has 0 aliphatic carbocycles. The molecule has 0 aliphatic heterocycles. The molecule has 134 valence electrons. The molecule has 1 N–H and O–H groups in total. The Morgan fingerprint density at radius 2 is 1.89 bits per heavy atom. The van der Waals surface area contributed by atoms with E-state index in [1.54, 1.807) is 23.3 Å². The first-order valence-corrected chi connectivity index (χ1v) is 8.25. The Morgan fingerprint density at radius 3 is 2.67 bits per heavy atom. The number of carbonyl (C=O) groups is 1. The van der Waals surface area contributed by atoms with Crippen molar-refractivity contribution >= 4 is 5.91 Å². The summed E-state index contributed by atoms with van der Waals surface area (Å²) in [6.45, 7) is 0.217. The average molecular weight is 360 g/mol. The van der Waals surface area contributed by atoms with Gasteiger partial charge < -0.3 is 5.32 Å². The number of nitrogens with zero attached hydrogens (tertiary/aromatic N) is 7. The summed E-state index contributed by atoms with van der Waals surface area (Å²) < 4.78 is 1.69. The van der Waals surface area contributed by atoms with Gasteiger partial charge in [0.1, 0.15) is 0 Å². The lowest BCUT2D eigenvalue weighted by molar-refractivity contribution is 0.0945. The first-order valence-electron chi connectivity index (χ1n) is 8.25. The molecular formula is C18H16N8O. The van der Waals surface area contributed by atoms with Crippen LogP contribution in [-0.2, 0) is 13.6 Å². The molecule has 1 amide bonds. The zero-order valence-corrected chi connectivity index (χ0v) is 14.5. The SMILES string of the molecule is Cn1cc(-c2nccnc2CNC(=O)c2cnn(-c3ccccc3)n2)cn1. The number of hydrogen-bond acceptors (Lipinski definition) is 6. The van der Waals surface area contributed by atoms with Crippen LogP contribution in [0.15, 0.2) is 61.3 Å². The summed E-state index contributed by atoms with van der Waals surface area (Å²) in [7, 11) is 1.83. The Morgan fingerprint density at radius 1 is 1.07 bits per heavy atom.